The minimum Gasteiger partial charge on any atom is -0.379 e. The molecule has 3 aliphatic heterocycles. The van der Waals surface area contributed by atoms with E-state index in [0.717, 1.165) is 95.6 Å². The molecule has 2 amide bonds. The van der Waals surface area contributed by atoms with E-state index >= 15 is 0 Å². The van der Waals surface area contributed by atoms with E-state index in [4.69, 9.17) is 9.47 Å². The van der Waals surface area contributed by atoms with E-state index in [2.05, 4.69) is 41.7 Å². The molecule has 41 heavy (non-hydrogen) atoms. The maximum absolute atomic E-state index is 12.7. The third-order valence-corrected chi connectivity index (χ3v) is 7.97. The number of morpholine rings is 2. The lowest BCUT2D eigenvalue weighted by molar-refractivity contribution is 0.0115. The molecule has 1 aromatic heterocycles. The van der Waals surface area contributed by atoms with Gasteiger partial charge in [0.15, 0.2) is 5.82 Å². The predicted octanol–water partition coefficient (Wildman–Crippen LogP) is 2.92. The van der Waals surface area contributed by atoms with Crippen LogP contribution in [0.2, 0.25) is 0 Å². The normalized spacial score (nSPS) is 18.6. The summed E-state index contributed by atoms with van der Waals surface area (Å²) in [6.07, 6.45) is 3.78. The highest BCUT2D eigenvalue weighted by Crippen LogP contribution is 2.28. The van der Waals surface area contributed by atoms with Crippen molar-refractivity contribution >= 4 is 28.9 Å². The lowest BCUT2D eigenvalue weighted by Crippen LogP contribution is -2.49. The fourth-order valence-electron chi connectivity index (χ4n) is 5.76. The molecule has 0 aliphatic carbocycles. The molecular formula is C29H35N9O3. The van der Waals surface area contributed by atoms with E-state index in [9.17, 15) is 10.1 Å². The SMILES string of the molecule is N#Cc1cc(NC(=O)Nc2cn(-c3ccc(N4CCOCC4)cc3)nn2)ccc1N1CCC(N2CCOCC2)CC1. The first-order valence-electron chi connectivity index (χ1n) is 14.2. The summed E-state index contributed by atoms with van der Waals surface area (Å²) in [4.78, 5) is 19.8. The van der Waals surface area contributed by atoms with Crippen LogP contribution in [0.1, 0.15) is 18.4 Å². The Labute approximate surface area is 239 Å². The van der Waals surface area contributed by atoms with Crippen LogP contribution in [0, 0.1) is 11.3 Å². The molecule has 3 aromatic rings. The van der Waals surface area contributed by atoms with Gasteiger partial charge in [0.25, 0.3) is 0 Å². The van der Waals surface area contributed by atoms with E-state index in [1.54, 1.807) is 16.9 Å². The molecule has 12 heteroatoms. The topological polar surface area (TPSA) is 124 Å². The second-order valence-electron chi connectivity index (χ2n) is 10.5. The van der Waals surface area contributed by atoms with E-state index in [-0.39, 0.29) is 0 Å². The van der Waals surface area contributed by atoms with Crippen molar-refractivity contribution in [3.8, 4) is 11.8 Å². The van der Waals surface area contributed by atoms with Crippen LogP contribution in [-0.2, 0) is 9.47 Å². The second-order valence-corrected chi connectivity index (χ2v) is 10.5. The van der Waals surface area contributed by atoms with Crippen LogP contribution in [0.5, 0.6) is 0 Å². The summed E-state index contributed by atoms with van der Waals surface area (Å²) in [5.74, 6) is 0.319. The number of nitrogens with zero attached hydrogens (tertiary/aromatic N) is 7. The maximum atomic E-state index is 12.7. The Hall–Kier alpha value is -4.18. The highest BCUT2D eigenvalue weighted by molar-refractivity contribution is 5.99. The lowest BCUT2D eigenvalue weighted by atomic mass is 10.0. The average Bonchev–Trinajstić information content (AvgIpc) is 3.50. The summed E-state index contributed by atoms with van der Waals surface area (Å²) >= 11 is 0. The summed E-state index contributed by atoms with van der Waals surface area (Å²) in [5, 5.41) is 23.6. The summed E-state index contributed by atoms with van der Waals surface area (Å²) in [7, 11) is 0. The van der Waals surface area contributed by atoms with Crippen molar-refractivity contribution < 1.29 is 14.3 Å². The van der Waals surface area contributed by atoms with Crippen LogP contribution in [-0.4, -0.2) is 97.7 Å². The summed E-state index contributed by atoms with van der Waals surface area (Å²) in [5.41, 5.74) is 3.96. The van der Waals surface area contributed by atoms with Crippen molar-refractivity contribution in [2.24, 2.45) is 0 Å². The number of amides is 2. The zero-order chi connectivity index (χ0) is 28.0. The number of piperidine rings is 1. The molecule has 214 valence electrons. The van der Waals surface area contributed by atoms with Gasteiger partial charge in [-0.25, -0.2) is 9.48 Å². The van der Waals surface area contributed by atoms with Crippen LogP contribution in [0.15, 0.2) is 48.7 Å². The number of benzene rings is 2. The number of nitrogens with one attached hydrogen (secondary N) is 2. The Kier molecular flexibility index (Phi) is 8.27. The van der Waals surface area contributed by atoms with Crippen LogP contribution in [0.25, 0.3) is 5.69 Å². The molecule has 3 fully saturated rings. The van der Waals surface area contributed by atoms with Gasteiger partial charge in [0.2, 0.25) is 0 Å². The number of anilines is 4. The first-order chi connectivity index (χ1) is 20.2. The maximum Gasteiger partial charge on any atom is 0.324 e. The van der Waals surface area contributed by atoms with Crippen molar-refractivity contribution in [2.45, 2.75) is 18.9 Å². The van der Waals surface area contributed by atoms with Crippen molar-refractivity contribution in [3.05, 3.63) is 54.2 Å². The van der Waals surface area contributed by atoms with Gasteiger partial charge in [0.05, 0.1) is 49.6 Å². The summed E-state index contributed by atoms with van der Waals surface area (Å²) in [6, 6.07) is 15.9. The van der Waals surface area contributed by atoms with Crippen LogP contribution in [0.4, 0.5) is 27.7 Å². The number of rotatable bonds is 6. The molecule has 0 atom stereocenters. The molecule has 12 nitrogen and oxygen atoms in total. The number of ether oxygens (including phenoxy) is 2. The van der Waals surface area contributed by atoms with Crippen molar-refractivity contribution in [1.82, 2.24) is 19.9 Å². The summed E-state index contributed by atoms with van der Waals surface area (Å²) in [6.45, 7) is 8.62. The molecule has 3 saturated heterocycles. The largest absolute Gasteiger partial charge is 0.379 e. The van der Waals surface area contributed by atoms with Gasteiger partial charge in [-0.2, -0.15) is 5.26 Å². The molecule has 3 aliphatic rings. The highest BCUT2D eigenvalue weighted by atomic mass is 16.5. The number of hydrogen-bond donors (Lipinski definition) is 2. The van der Waals surface area contributed by atoms with E-state index in [1.807, 2.05) is 36.4 Å². The third-order valence-electron chi connectivity index (χ3n) is 7.97. The number of urea groups is 1. The van der Waals surface area contributed by atoms with Gasteiger partial charge < -0.3 is 24.6 Å². The molecule has 0 spiro atoms. The van der Waals surface area contributed by atoms with Gasteiger partial charge in [-0.15, -0.1) is 5.10 Å². The van der Waals surface area contributed by atoms with Gasteiger partial charge in [0, 0.05) is 56.7 Å². The number of aromatic nitrogens is 3. The fraction of sp³-hybridized carbons (Fsp3) is 0.448. The molecule has 2 aromatic carbocycles. The van der Waals surface area contributed by atoms with Crippen LogP contribution >= 0.6 is 0 Å². The van der Waals surface area contributed by atoms with Gasteiger partial charge in [0.1, 0.15) is 6.07 Å². The van der Waals surface area contributed by atoms with E-state index < -0.39 is 6.03 Å². The van der Waals surface area contributed by atoms with Gasteiger partial charge in [-0.05, 0) is 55.3 Å². The monoisotopic (exact) mass is 557 g/mol. The zero-order valence-electron chi connectivity index (χ0n) is 23.0. The first-order valence-corrected chi connectivity index (χ1v) is 14.2. The Morgan fingerprint density at radius 3 is 2.24 bits per heavy atom. The van der Waals surface area contributed by atoms with Gasteiger partial charge >= 0.3 is 6.03 Å². The first kappa shape index (κ1) is 27.0. The predicted molar refractivity (Wildman–Crippen MR) is 156 cm³/mol. The van der Waals surface area contributed by atoms with Crippen LogP contribution in [0.3, 0.4) is 0 Å². The molecule has 0 bridgehead atoms. The minimum atomic E-state index is -0.456. The smallest absolute Gasteiger partial charge is 0.324 e. The Bertz CT molecular complexity index is 1370. The Morgan fingerprint density at radius 2 is 1.54 bits per heavy atom. The van der Waals surface area contributed by atoms with E-state index in [0.29, 0.717) is 23.1 Å². The summed E-state index contributed by atoms with van der Waals surface area (Å²) < 4.78 is 12.5. The lowest BCUT2D eigenvalue weighted by Gasteiger charge is -2.41. The minimum absolute atomic E-state index is 0.319. The van der Waals surface area contributed by atoms with Crippen LogP contribution < -0.4 is 20.4 Å². The third kappa shape index (κ3) is 6.43. The molecular weight excluding hydrogens is 522 g/mol. The zero-order valence-corrected chi connectivity index (χ0v) is 23.0. The Morgan fingerprint density at radius 1 is 0.854 bits per heavy atom. The van der Waals surface area contributed by atoms with E-state index in [1.165, 1.54) is 0 Å². The molecule has 6 rings (SSSR count). The quantitative estimate of drug-likeness (QED) is 0.471. The van der Waals surface area contributed by atoms with Gasteiger partial charge in [-0.1, -0.05) is 5.21 Å². The Balaban J connectivity index is 1.03. The number of carbonyl (C=O) groups is 1. The fourth-order valence-corrected chi connectivity index (χ4v) is 5.76. The standard InChI is InChI=1S/C29H35N9O3/c30-20-22-19-23(1-6-27(22)37-9-7-25(8-10-37)36-13-17-41-18-14-36)31-29(39)32-28-21-38(34-33-28)26-4-2-24(3-5-26)35-11-15-40-16-12-35/h1-6,19,21,25H,7-18H2,(H2,31,32,39). The molecule has 0 saturated carbocycles. The molecule has 4 heterocycles. The molecule has 0 unspecified atom stereocenters. The van der Waals surface area contributed by atoms with Crippen molar-refractivity contribution in [2.75, 3.05) is 86.1 Å². The van der Waals surface area contributed by atoms with Crippen molar-refractivity contribution in [3.63, 3.8) is 0 Å². The average molecular weight is 558 g/mol. The molecule has 0 radical (unpaired) electrons. The number of hydrogen-bond acceptors (Lipinski definition) is 9. The van der Waals surface area contributed by atoms with Crippen molar-refractivity contribution in [1.29, 1.82) is 5.26 Å². The second kappa shape index (κ2) is 12.6. The highest BCUT2D eigenvalue weighted by Gasteiger charge is 2.27. The van der Waals surface area contributed by atoms with Gasteiger partial charge in [-0.3, -0.25) is 10.2 Å². The molecule has 2 N–H and O–H groups in total. The number of carbonyl (C=O) groups excluding carboxylic acids is 1. The number of nitriles is 1.